The van der Waals surface area contributed by atoms with Gasteiger partial charge in [-0.1, -0.05) is 34.8 Å². The van der Waals surface area contributed by atoms with Crippen LogP contribution in [-0.4, -0.2) is 25.3 Å². The molecule has 110 valence electrons. The van der Waals surface area contributed by atoms with Crippen molar-refractivity contribution in [3.8, 4) is 0 Å². The molecule has 0 spiro atoms. The summed E-state index contributed by atoms with van der Waals surface area (Å²) in [5.41, 5.74) is 0.669. The summed E-state index contributed by atoms with van der Waals surface area (Å²) in [6.07, 6.45) is 3.47. The summed E-state index contributed by atoms with van der Waals surface area (Å²) in [6, 6.07) is 7.23. The molecule has 1 aliphatic carbocycles. The highest BCUT2D eigenvalue weighted by atomic mass is 79.9. The fourth-order valence-electron chi connectivity index (χ4n) is 2.44. The van der Waals surface area contributed by atoms with Gasteiger partial charge in [-0.15, -0.1) is 0 Å². The number of hydrogen-bond donors (Lipinski definition) is 1. The molecule has 1 amide bonds. The molecule has 0 aromatic heterocycles. The predicted molar refractivity (Wildman–Crippen MR) is 83.4 cm³/mol. The van der Waals surface area contributed by atoms with Crippen molar-refractivity contribution < 1.29 is 13.2 Å². The van der Waals surface area contributed by atoms with E-state index in [-0.39, 0.29) is 23.3 Å². The number of sulfone groups is 1. The van der Waals surface area contributed by atoms with Crippen LogP contribution in [0, 0.1) is 0 Å². The van der Waals surface area contributed by atoms with Gasteiger partial charge >= 0.3 is 0 Å². The molecular formula is C14H18BrNO3S. The van der Waals surface area contributed by atoms with Gasteiger partial charge in [0.2, 0.25) is 5.91 Å². The van der Waals surface area contributed by atoms with Crippen LogP contribution in [0.3, 0.4) is 0 Å². The summed E-state index contributed by atoms with van der Waals surface area (Å²) in [7, 11) is -3.13. The van der Waals surface area contributed by atoms with Gasteiger partial charge in [0.05, 0.1) is 11.0 Å². The number of carbonyl (C=O) groups is 1. The quantitative estimate of drug-likeness (QED) is 0.878. The van der Waals surface area contributed by atoms with E-state index < -0.39 is 9.84 Å². The first-order valence-electron chi connectivity index (χ1n) is 6.74. The van der Waals surface area contributed by atoms with Crippen molar-refractivity contribution >= 4 is 37.4 Å². The van der Waals surface area contributed by atoms with Gasteiger partial charge in [-0.05, 0) is 31.0 Å². The van der Waals surface area contributed by atoms with Gasteiger partial charge in [0.15, 0.2) is 9.84 Å². The second kappa shape index (κ2) is 6.72. The third kappa shape index (κ3) is 4.31. The molecule has 0 heterocycles. The van der Waals surface area contributed by atoms with E-state index in [9.17, 15) is 13.2 Å². The predicted octanol–water partition coefficient (Wildman–Crippen LogP) is 3.14. The van der Waals surface area contributed by atoms with Crippen molar-refractivity contribution in [3.63, 3.8) is 0 Å². The number of rotatable bonds is 5. The largest absolute Gasteiger partial charge is 0.326 e. The van der Waals surface area contributed by atoms with Crippen LogP contribution in [0.4, 0.5) is 5.69 Å². The molecule has 0 saturated heterocycles. The standard InChI is InChI=1S/C14H18BrNO3S/c15-11-4-3-5-12(10-11)16-14(17)8-9-20(18,19)13-6-1-2-7-13/h3-5,10,13H,1-2,6-9H2,(H,16,17). The van der Waals surface area contributed by atoms with E-state index >= 15 is 0 Å². The van der Waals surface area contributed by atoms with Crippen molar-refractivity contribution in [3.05, 3.63) is 28.7 Å². The number of nitrogens with one attached hydrogen (secondary N) is 1. The topological polar surface area (TPSA) is 63.2 Å². The molecule has 0 atom stereocenters. The van der Waals surface area contributed by atoms with Gasteiger partial charge in [-0.25, -0.2) is 8.42 Å². The molecule has 1 N–H and O–H groups in total. The highest BCUT2D eigenvalue weighted by Crippen LogP contribution is 2.25. The van der Waals surface area contributed by atoms with Crippen LogP contribution in [-0.2, 0) is 14.6 Å². The van der Waals surface area contributed by atoms with E-state index in [1.165, 1.54) is 0 Å². The maximum atomic E-state index is 12.1. The highest BCUT2D eigenvalue weighted by Gasteiger charge is 2.28. The summed E-state index contributed by atoms with van der Waals surface area (Å²) < 4.78 is 25.0. The van der Waals surface area contributed by atoms with Crippen LogP contribution in [0.1, 0.15) is 32.1 Å². The van der Waals surface area contributed by atoms with Crippen LogP contribution in [0.2, 0.25) is 0 Å². The summed E-state index contributed by atoms with van der Waals surface area (Å²) in [5.74, 6) is -0.318. The minimum atomic E-state index is -3.13. The fourth-order valence-corrected chi connectivity index (χ4v) is 4.69. The van der Waals surface area contributed by atoms with Crippen molar-refractivity contribution in [1.29, 1.82) is 0 Å². The average molecular weight is 360 g/mol. The molecule has 4 nitrogen and oxygen atoms in total. The van der Waals surface area contributed by atoms with Crippen molar-refractivity contribution in [2.24, 2.45) is 0 Å². The molecular weight excluding hydrogens is 342 g/mol. The van der Waals surface area contributed by atoms with Crippen LogP contribution in [0.15, 0.2) is 28.7 Å². The number of anilines is 1. The Kier molecular flexibility index (Phi) is 5.21. The molecule has 1 aliphatic rings. The number of halogens is 1. The lowest BCUT2D eigenvalue weighted by Gasteiger charge is -2.11. The summed E-state index contributed by atoms with van der Waals surface area (Å²) in [4.78, 5) is 11.8. The van der Waals surface area contributed by atoms with Gasteiger partial charge in [-0.2, -0.15) is 0 Å². The van der Waals surface area contributed by atoms with E-state index in [2.05, 4.69) is 21.2 Å². The molecule has 2 rings (SSSR count). The molecule has 0 unspecified atom stereocenters. The first-order chi connectivity index (χ1) is 9.47. The van der Waals surface area contributed by atoms with Crippen molar-refractivity contribution in [1.82, 2.24) is 0 Å². The SMILES string of the molecule is O=C(CCS(=O)(=O)C1CCCC1)Nc1cccc(Br)c1. The smallest absolute Gasteiger partial charge is 0.225 e. The minimum absolute atomic E-state index is 0.0192. The molecule has 0 bridgehead atoms. The normalized spacial score (nSPS) is 16.2. The lowest BCUT2D eigenvalue weighted by atomic mass is 10.3. The monoisotopic (exact) mass is 359 g/mol. The van der Waals surface area contributed by atoms with Gasteiger partial charge < -0.3 is 5.32 Å². The number of amides is 1. The lowest BCUT2D eigenvalue weighted by Crippen LogP contribution is -2.24. The van der Waals surface area contributed by atoms with Crippen molar-refractivity contribution in [2.45, 2.75) is 37.4 Å². The number of carbonyl (C=O) groups excluding carboxylic acids is 1. The summed E-state index contributed by atoms with van der Waals surface area (Å²) in [6.45, 7) is 0. The molecule has 1 fully saturated rings. The third-order valence-electron chi connectivity index (χ3n) is 3.53. The maximum absolute atomic E-state index is 12.1. The van der Waals surface area contributed by atoms with Gasteiger partial charge in [0.1, 0.15) is 0 Å². The first-order valence-corrected chi connectivity index (χ1v) is 9.25. The summed E-state index contributed by atoms with van der Waals surface area (Å²) in [5, 5.41) is 2.48. The molecule has 1 saturated carbocycles. The Bertz CT molecular complexity index is 580. The fraction of sp³-hybridized carbons (Fsp3) is 0.500. The molecule has 6 heteroatoms. The molecule has 1 aromatic rings. The van der Waals surface area contributed by atoms with Crippen LogP contribution in [0.25, 0.3) is 0 Å². The molecule has 1 aromatic carbocycles. The molecule has 20 heavy (non-hydrogen) atoms. The minimum Gasteiger partial charge on any atom is -0.326 e. The first kappa shape index (κ1) is 15.5. The van der Waals surface area contributed by atoms with Crippen LogP contribution >= 0.6 is 15.9 Å². The third-order valence-corrected chi connectivity index (χ3v) is 6.29. The Labute approximate surface area is 128 Å². The van der Waals surface area contributed by atoms with E-state index in [1.807, 2.05) is 12.1 Å². The van der Waals surface area contributed by atoms with E-state index in [0.717, 1.165) is 30.2 Å². The Morgan fingerprint density at radius 2 is 2.00 bits per heavy atom. The summed E-state index contributed by atoms with van der Waals surface area (Å²) >= 11 is 3.32. The van der Waals surface area contributed by atoms with Gasteiger partial charge in [0.25, 0.3) is 0 Å². The van der Waals surface area contributed by atoms with E-state index in [4.69, 9.17) is 0 Å². The number of hydrogen-bond acceptors (Lipinski definition) is 3. The zero-order valence-corrected chi connectivity index (χ0v) is 13.5. The second-order valence-corrected chi connectivity index (χ2v) is 8.40. The Hall–Kier alpha value is -0.880. The number of benzene rings is 1. The van der Waals surface area contributed by atoms with Crippen LogP contribution < -0.4 is 5.32 Å². The Balaban J connectivity index is 1.86. The van der Waals surface area contributed by atoms with Crippen LogP contribution in [0.5, 0.6) is 0 Å². The molecule has 0 radical (unpaired) electrons. The van der Waals surface area contributed by atoms with E-state index in [0.29, 0.717) is 5.69 Å². The van der Waals surface area contributed by atoms with Gasteiger partial charge in [0, 0.05) is 16.6 Å². The molecule has 0 aliphatic heterocycles. The Morgan fingerprint density at radius 1 is 1.30 bits per heavy atom. The van der Waals surface area contributed by atoms with E-state index in [1.54, 1.807) is 12.1 Å². The van der Waals surface area contributed by atoms with Crippen molar-refractivity contribution in [2.75, 3.05) is 11.1 Å². The Morgan fingerprint density at radius 3 is 2.65 bits per heavy atom. The zero-order chi connectivity index (χ0) is 14.6. The lowest BCUT2D eigenvalue weighted by molar-refractivity contribution is -0.115. The second-order valence-electron chi connectivity index (χ2n) is 5.08. The van der Waals surface area contributed by atoms with Gasteiger partial charge in [-0.3, -0.25) is 4.79 Å². The maximum Gasteiger partial charge on any atom is 0.225 e. The average Bonchev–Trinajstić information content (AvgIpc) is 2.91. The highest BCUT2D eigenvalue weighted by molar-refractivity contribution is 9.10. The zero-order valence-electron chi connectivity index (χ0n) is 11.1.